The summed E-state index contributed by atoms with van der Waals surface area (Å²) >= 11 is 7.57. The number of amides is 1. The average Bonchev–Trinajstić information content (AvgIpc) is 3.12. The zero-order chi connectivity index (χ0) is 19.4. The van der Waals surface area contributed by atoms with E-state index >= 15 is 0 Å². The smallest absolute Gasteiger partial charge is 0.242 e. The molecule has 0 spiro atoms. The number of thioether (sulfide) groups is 1. The zero-order valence-corrected chi connectivity index (χ0v) is 17.0. The van der Waals surface area contributed by atoms with Gasteiger partial charge in [-0.3, -0.25) is 4.79 Å². The SMILES string of the molecule is Cc1ccc(NC(=O)C(Sc2nncn2C(C)C)c2ccccc2)cc1Cl. The molecule has 2 aromatic carbocycles. The number of aryl methyl sites for hydroxylation is 1. The molecule has 0 aliphatic heterocycles. The van der Waals surface area contributed by atoms with Crippen molar-refractivity contribution in [2.24, 2.45) is 0 Å². The van der Waals surface area contributed by atoms with Crippen LogP contribution in [0.4, 0.5) is 5.69 Å². The molecule has 1 N–H and O–H groups in total. The third kappa shape index (κ3) is 4.70. The van der Waals surface area contributed by atoms with Crippen LogP contribution >= 0.6 is 23.4 Å². The standard InChI is InChI=1S/C20H21ClN4OS/c1-13(2)25-12-22-24-20(25)27-18(15-7-5-4-6-8-15)19(26)23-16-10-9-14(3)17(21)11-16/h4-13,18H,1-3H3,(H,23,26). The van der Waals surface area contributed by atoms with Crippen LogP contribution in [0.2, 0.25) is 5.02 Å². The van der Waals surface area contributed by atoms with Crippen LogP contribution in [0.5, 0.6) is 0 Å². The van der Waals surface area contributed by atoms with Gasteiger partial charge in [-0.25, -0.2) is 0 Å². The molecular formula is C20H21ClN4OS. The lowest BCUT2D eigenvalue weighted by Crippen LogP contribution is -2.19. The number of rotatable bonds is 6. The van der Waals surface area contributed by atoms with E-state index in [1.54, 1.807) is 12.4 Å². The van der Waals surface area contributed by atoms with Crippen molar-refractivity contribution in [2.75, 3.05) is 5.32 Å². The summed E-state index contributed by atoms with van der Waals surface area (Å²) in [5, 5.41) is 12.0. The Bertz CT molecular complexity index is 927. The van der Waals surface area contributed by atoms with Crippen LogP contribution in [0.3, 0.4) is 0 Å². The average molecular weight is 401 g/mol. The molecule has 0 saturated heterocycles. The number of anilines is 1. The van der Waals surface area contributed by atoms with E-state index in [9.17, 15) is 4.79 Å². The summed E-state index contributed by atoms with van der Waals surface area (Å²) in [6.07, 6.45) is 1.69. The number of halogens is 1. The van der Waals surface area contributed by atoms with Gasteiger partial charge in [-0.05, 0) is 44.0 Å². The van der Waals surface area contributed by atoms with E-state index in [0.29, 0.717) is 15.9 Å². The second-order valence-corrected chi connectivity index (χ2v) is 7.96. The number of nitrogens with zero attached hydrogens (tertiary/aromatic N) is 3. The minimum Gasteiger partial charge on any atom is -0.325 e. The Balaban J connectivity index is 1.88. The van der Waals surface area contributed by atoms with Gasteiger partial charge in [-0.2, -0.15) is 0 Å². The number of hydrogen-bond acceptors (Lipinski definition) is 4. The molecule has 140 valence electrons. The van der Waals surface area contributed by atoms with E-state index in [1.807, 2.05) is 54.0 Å². The Morgan fingerprint density at radius 3 is 2.59 bits per heavy atom. The third-order valence-electron chi connectivity index (χ3n) is 4.10. The molecule has 1 atom stereocenters. The van der Waals surface area contributed by atoms with Gasteiger partial charge in [0.15, 0.2) is 5.16 Å². The maximum atomic E-state index is 13.1. The third-order valence-corrected chi connectivity index (χ3v) is 5.73. The van der Waals surface area contributed by atoms with Gasteiger partial charge in [-0.15, -0.1) is 10.2 Å². The first-order valence-electron chi connectivity index (χ1n) is 8.64. The first-order valence-corrected chi connectivity index (χ1v) is 9.89. The Hall–Kier alpha value is -2.31. The highest BCUT2D eigenvalue weighted by Crippen LogP contribution is 2.36. The van der Waals surface area contributed by atoms with E-state index in [-0.39, 0.29) is 11.9 Å². The number of hydrogen-bond donors (Lipinski definition) is 1. The van der Waals surface area contributed by atoms with Crippen LogP contribution < -0.4 is 5.32 Å². The van der Waals surface area contributed by atoms with Gasteiger partial charge < -0.3 is 9.88 Å². The maximum Gasteiger partial charge on any atom is 0.242 e. The summed E-state index contributed by atoms with van der Waals surface area (Å²) in [6, 6.07) is 15.4. The summed E-state index contributed by atoms with van der Waals surface area (Å²) in [5.41, 5.74) is 2.53. The fourth-order valence-corrected chi connectivity index (χ4v) is 3.88. The highest BCUT2D eigenvalue weighted by Gasteiger charge is 2.25. The summed E-state index contributed by atoms with van der Waals surface area (Å²) in [5.74, 6) is -0.135. The minimum absolute atomic E-state index is 0.135. The monoisotopic (exact) mass is 400 g/mol. The van der Waals surface area contributed by atoms with Crippen LogP contribution in [0.1, 0.15) is 36.3 Å². The Labute approximate surface area is 168 Å². The number of carbonyl (C=O) groups is 1. The zero-order valence-electron chi connectivity index (χ0n) is 15.4. The molecule has 1 aromatic heterocycles. The van der Waals surface area contributed by atoms with Gasteiger partial charge in [0.2, 0.25) is 5.91 Å². The lowest BCUT2D eigenvalue weighted by molar-refractivity contribution is -0.115. The van der Waals surface area contributed by atoms with Gasteiger partial charge in [0, 0.05) is 16.8 Å². The second-order valence-electron chi connectivity index (χ2n) is 6.48. The Morgan fingerprint density at radius 2 is 1.93 bits per heavy atom. The van der Waals surface area contributed by atoms with Crippen LogP contribution in [-0.2, 0) is 4.79 Å². The quantitative estimate of drug-likeness (QED) is 0.571. The number of nitrogens with one attached hydrogen (secondary N) is 1. The molecule has 0 bridgehead atoms. The minimum atomic E-state index is -0.465. The summed E-state index contributed by atoms with van der Waals surface area (Å²) in [6.45, 7) is 6.04. The molecule has 0 fully saturated rings. The molecule has 1 amide bonds. The molecule has 1 heterocycles. The first kappa shape index (κ1) is 19.5. The van der Waals surface area contributed by atoms with Crippen LogP contribution in [0.25, 0.3) is 0 Å². The number of benzene rings is 2. The predicted molar refractivity (Wildman–Crippen MR) is 110 cm³/mol. The lowest BCUT2D eigenvalue weighted by atomic mass is 10.1. The topological polar surface area (TPSA) is 59.8 Å². The second kappa shape index (κ2) is 8.59. The van der Waals surface area contributed by atoms with Gasteiger partial charge in [0.1, 0.15) is 11.6 Å². The summed E-state index contributed by atoms with van der Waals surface area (Å²) in [7, 11) is 0. The number of aromatic nitrogens is 3. The molecule has 0 aliphatic carbocycles. The highest BCUT2D eigenvalue weighted by molar-refractivity contribution is 8.00. The van der Waals surface area contributed by atoms with Crippen molar-refractivity contribution in [3.8, 4) is 0 Å². The van der Waals surface area contributed by atoms with Crippen molar-refractivity contribution in [1.29, 1.82) is 0 Å². The van der Waals surface area contributed by atoms with E-state index in [0.717, 1.165) is 11.1 Å². The first-order chi connectivity index (χ1) is 13.0. The number of carbonyl (C=O) groups excluding carboxylic acids is 1. The fourth-order valence-electron chi connectivity index (χ4n) is 2.56. The summed E-state index contributed by atoms with van der Waals surface area (Å²) in [4.78, 5) is 13.1. The Kier molecular flexibility index (Phi) is 6.19. The van der Waals surface area contributed by atoms with Crippen molar-refractivity contribution in [2.45, 2.75) is 37.2 Å². The van der Waals surface area contributed by atoms with Gasteiger partial charge in [0.25, 0.3) is 0 Å². The van der Waals surface area contributed by atoms with Crippen molar-refractivity contribution in [3.05, 3.63) is 71.0 Å². The van der Waals surface area contributed by atoms with E-state index in [2.05, 4.69) is 29.4 Å². The lowest BCUT2D eigenvalue weighted by Gasteiger charge is -2.18. The van der Waals surface area contributed by atoms with E-state index in [1.165, 1.54) is 11.8 Å². The van der Waals surface area contributed by atoms with Crippen molar-refractivity contribution >= 4 is 35.0 Å². The van der Waals surface area contributed by atoms with Crippen molar-refractivity contribution in [1.82, 2.24) is 14.8 Å². The van der Waals surface area contributed by atoms with E-state index in [4.69, 9.17) is 11.6 Å². The van der Waals surface area contributed by atoms with Crippen LogP contribution in [0.15, 0.2) is 60.0 Å². The predicted octanol–water partition coefficient (Wildman–Crippen LogP) is 5.29. The van der Waals surface area contributed by atoms with E-state index < -0.39 is 5.25 Å². The van der Waals surface area contributed by atoms with Crippen molar-refractivity contribution in [3.63, 3.8) is 0 Å². The molecule has 7 heteroatoms. The molecule has 1 unspecified atom stereocenters. The molecule has 5 nitrogen and oxygen atoms in total. The molecular weight excluding hydrogens is 380 g/mol. The molecule has 0 radical (unpaired) electrons. The Morgan fingerprint density at radius 1 is 1.19 bits per heavy atom. The largest absolute Gasteiger partial charge is 0.325 e. The maximum absolute atomic E-state index is 13.1. The fraction of sp³-hybridized carbons (Fsp3) is 0.250. The molecule has 3 rings (SSSR count). The van der Waals surface area contributed by atoms with Crippen LogP contribution in [0, 0.1) is 6.92 Å². The summed E-state index contributed by atoms with van der Waals surface area (Å²) < 4.78 is 1.95. The van der Waals surface area contributed by atoms with Gasteiger partial charge in [0.05, 0.1) is 0 Å². The highest BCUT2D eigenvalue weighted by atomic mass is 35.5. The molecule has 0 aliphatic rings. The molecule has 27 heavy (non-hydrogen) atoms. The molecule has 3 aromatic rings. The van der Waals surface area contributed by atoms with Crippen molar-refractivity contribution < 1.29 is 4.79 Å². The van der Waals surface area contributed by atoms with Gasteiger partial charge in [-0.1, -0.05) is 59.8 Å². The van der Waals surface area contributed by atoms with Gasteiger partial charge >= 0.3 is 0 Å². The van der Waals surface area contributed by atoms with Crippen LogP contribution in [-0.4, -0.2) is 20.7 Å². The normalized spacial score (nSPS) is 12.2. The molecule has 0 saturated carbocycles.